The van der Waals surface area contributed by atoms with Gasteiger partial charge in [-0.25, -0.2) is 18.6 Å². The average Bonchev–Trinajstić information content (AvgIpc) is 3.58. The topological polar surface area (TPSA) is 139 Å². The number of ether oxygens (including phenoxy) is 1. The molecule has 43 heavy (non-hydrogen) atoms. The third-order valence-corrected chi connectivity index (χ3v) is 7.69. The summed E-state index contributed by atoms with van der Waals surface area (Å²) in [6.07, 6.45) is -3.02. The van der Waals surface area contributed by atoms with Crippen LogP contribution in [0.2, 0.25) is 0 Å². The zero-order chi connectivity index (χ0) is 31.5. The van der Waals surface area contributed by atoms with Crippen LogP contribution in [0.4, 0.5) is 32.6 Å². The molecule has 1 aliphatic carbocycles. The van der Waals surface area contributed by atoms with Crippen LogP contribution >= 0.6 is 0 Å². The maximum Gasteiger partial charge on any atom is 0.410 e. The lowest BCUT2D eigenvalue weighted by Crippen LogP contribution is -2.50. The minimum absolute atomic E-state index is 0.0275. The standard InChI is InChI=1S/C27H33F5N6O5/c1-14(2)17-12-43-37-22(17)24(40)36-21(15-4-7-26(28,29)8-5-15)23(39)35-20-10-16(6-9-33-20)18(13-42-3)38-11-19(27(30,31)32)34-25(38)41/h6,9-10,12,14-15,18-19,21H,4-5,7-8,11,13H2,1-3H3,(H,34,41)(H,36,40)(H,33,35,39)/t18-,19+,21+/m1/s1. The van der Waals surface area contributed by atoms with Crippen LogP contribution in [0.15, 0.2) is 29.1 Å². The van der Waals surface area contributed by atoms with Crippen LogP contribution in [0.3, 0.4) is 0 Å². The molecule has 16 heteroatoms. The summed E-state index contributed by atoms with van der Waals surface area (Å²) in [5.41, 5.74) is 0.800. The van der Waals surface area contributed by atoms with Crippen molar-refractivity contribution < 1.29 is 45.6 Å². The van der Waals surface area contributed by atoms with Gasteiger partial charge in [-0.1, -0.05) is 19.0 Å². The Kier molecular flexibility index (Phi) is 9.57. The number of nitrogens with zero attached hydrogens (tertiary/aromatic N) is 3. The molecule has 2 aromatic heterocycles. The molecule has 0 spiro atoms. The van der Waals surface area contributed by atoms with Gasteiger partial charge in [0, 0.05) is 31.7 Å². The van der Waals surface area contributed by atoms with Crippen molar-refractivity contribution in [2.24, 2.45) is 5.92 Å². The Bertz CT molecular complexity index is 1310. The molecule has 1 saturated heterocycles. The van der Waals surface area contributed by atoms with Gasteiger partial charge in [0.25, 0.3) is 5.91 Å². The molecule has 3 atom stereocenters. The number of halogens is 5. The minimum Gasteiger partial charge on any atom is -0.382 e. The van der Waals surface area contributed by atoms with Gasteiger partial charge in [0.05, 0.1) is 19.2 Å². The van der Waals surface area contributed by atoms with E-state index in [9.17, 15) is 36.3 Å². The first-order valence-electron chi connectivity index (χ1n) is 13.7. The summed E-state index contributed by atoms with van der Waals surface area (Å²) in [5.74, 6) is -5.10. The number of rotatable bonds is 10. The van der Waals surface area contributed by atoms with Gasteiger partial charge in [-0.05, 0) is 42.4 Å². The highest BCUT2D eigenvalue weighted by molar-refractivity contribution is 6.00. The van der Waals surface area contributed by atoms with E-state index in [1.807, 2.05) is 19.2 Å². The Morgan fingerprint density at radius 2 is 1.95 bits per heavy atom. The van der Waals surface area contributed by atoms with Gasteiger partial charge in [0.2, 0.25) is 11.8 Å². The van der Waals surface area contributed by atoms with Gasteiger partial charge < -0.3 is 30.1 Å². The van der Waals surface area contributed by atoms with Crippen LogP contribution in [0, 0.1) is 5.92 Å². The number of anilines is 1. The van der Waals surface area contributed by atoms with E-state index < -0.39 is 73.4 Å². The normalized spacial score (nSPS) is 20.5. The molecule has 0 radical (unpaired) electrons. The number of urea groups is 1. The van der Waals surface area contributed by atoms with Gasteiger partial charge in [-0.3, -0.25) is 9.59 Å². The number of nitrogens with one attached hydrogen (secondary N) is 3. The van der Waals surface area contributed by atoms with Crippen molar-refractivity contribution in [3.8, 4) is 0 Å². The Labute approximate surface area is 243 Å². The van der Waals surface area contributed by atoms with Crippen molar-refractivity contribution >= 4 is 23.7 Å². The fourth-order valence-corrected chi connectivity index (χ4v) is 5.29. The summed E-state index contributed by atoms with van der Waals surface area (Å²) in [6.45, 7) is 2.84. The predicted molar refractivity (Wildman–Crippen MR) is 141 cm³/mol. The lowest BCUT2D eigenvalue weighted by Gasteiger charge is -2.33. The summed E-state index contributed by atoms with van der Waals surface area (Å²) < 4.78 is 77.8. The number of hydrogen-bond acceptors (Lipinski definition) is 7. The summed E-state index contributed by atoms with van der Waals surface area (Å²) in [5, 5.41) is 10.9. The summed E-state index contributed by atoms with van der Waals surface area (Å²) in [4.78, 5) is 44.2. The molecule has 3 N–H and O–H groups in total. The smallest absolute Gasteiger partial charge is 0.382 e. The number of hydrogen-bond donors (Lipinski definition) is 3. The maximum absolute atomic E-state index is 13.9. The quantitative estimate of drug-likeness (QED) is 0.337. The molecule has 0 unspecified atom stereocenters. The summed E-state index contributed by atoms with van der Waals surface area (Å²) >= 11 is 0. The lowest BCUT2D eigenvalue weighted by molar-refractivity contribution is -0.150. The molecule has 0 aromatic carbocycles. The van der Waals surface area contributed by atoms with E-state index in [4.69, 9.17) is 9.26 Å². The van der Waals surface area contributed by atoms with E-state index in [0.717, 1.165) is 4.90 Å². The molecule has 11 nitrogen and oxygen atoms in total. The Morgan fingerprint density at radius 1 is 1.26 bits per heavy atom. The number of alkyl halides is 5. The van der Waals surface area contributed by atoms with E-state index in [1.54, 1.807) is 0 Å². The van der Waals surface area contributed by atoms with E-state index in [-0.39, 0.29) is 36.9 Å². The monoisotopic (exact) mass is 616 g/mol. The first-order valence-corrected chi connectivity index (χ1v) is 13.7. The number of carbonyl (C=O) groups is 3. The molecule has 1 saturated carbocycles. The predicted octanol–water partition coefficient (Wildman–Crippen LogP) is 4.40. The van der Waals surface area contributed by atoms with Gasteiger partial charge in [0.1, 0.15) is 24.2 Å². The number of methoxy groups -OCH3 is 1. The van der Waals surface area contributed by atoms with E-state index in [2.05, 4.69) is 20.8 Å². The maximum atomic E-state index is 13.9. The molecule has 2 aliphatic rings. The van der Waals surface area contributed by atoms with Crippen LogP contribution < -0.4 is 16.0 Å². The van der Waals surface area contributed by atoms with Gasteiger partial charge in [0.15, 0.2) is 5.69 Å². The SMILES string of the molecule is COC[C@H](c1ccnc(NC(=O)[C@@H](NC(=O)c2nocc2C(C)C)C2CCC(F)(F)CC2)c1)N1C[C@@H](C(F)(F)F)NC1=O. The minimum atomic E-state index is -4.65. The number of carbonyl (C=O) groups excluding carboxylic acids is 3. The number of aromatic nitrogens is 2. The molecular weight excluding hydrogens is 583 g/mol. The molecule has 1 aliphatic heterocycles. The highest BCUT2D eigenvalue weighted by atomic mass is 19.4. The van der Waals surface area contributed by atoms with Crippen molar-refractivity contribution in [1.82, 2.24) is 25.7 Å². The van der Waals surface area contributed by atoms with Crippen LogP contribution in [-0.4, -0.2) is 77.3 Å². The average molecular weight is 617 g/mol. The Hall–Kier alpha value is -3.82. The fraction of sp³-hybridized carbons (Fsp3) is 0.593. The zero-order valence-corrected chi connectivity index (χ0v) is 23.7. The van der Waals surface area contributed by atoms with Crippen molar-refractivity contribution in [2.75, 3.05) is 25.6 Å². The summed E-state index contributed by atoms with van der Waals surface area (Å²) in [7, 11) is 1.33. The molecule has 3 heterocycles. The fourth-order valence-electron chi connectivity index (χ4n) is 5.29. The third kappa shape index (κ3) is 7.58. The lowest BCUT2D eigenvalue weighted by atomic mass is 9.81. The van der Waals surface area contributed by atoms with Crippen LogP contribution in [-0.2, 0) is 9.53 Å². The second kappa shape index (κ2) is 12.8. The second-order valence-corrected chi connectivity index (χ2v) is 11.0. The van der Waals surface area contributed by atoms with Gasteiger partial charge in [-0.2, -0.15) is 13.2 Å². The summed E-state index contributed by atoms with van der Waals surface area (Å²) in [6, 6.07) is -2.34. The van der Waals surface area contributed by atoms with E-state index in [0.29, 0.717) is 11.1 Å². The first-order chi connectivity index (χ1) is 20.2. The van der Waals surface area contributed by atoms with Gasteiger partial charge >= 0.3 is 12.2 Å². The Morgan fingerprint density at radius 3 is 2.56 bits per heavy atom. The van der Waals surface area contributed by atoms with E-state index in [1.165, 1.54) is 31.7 Å². The molecule has 236 valence electrons. The third-order valence-electron chi connectivity index (χ3n) is 7.69. The van der Waals surface area contributed by atoms with Crippen molar-refractivity contribution in [3.63, 3.8) is 0 Å². The number of pyridine rings is 1. The number of amides is 4. The molecular formula is C27H33F5N6O5. The Balaban J connectivity index is 1.56. The molecule has 0 bridgehead atoms. The van der Waals surface area contributed by atoms with Crippen molar-refractivity contribution in [3.05, 3.63) is 41.4 Å². The van der Waals surface area contributed by atoms with Crippen LogP contribution in [0.25, 0.3) is 0 Å². The molecule has 4 amide bonds. The molecule has 2 fully saturated rings. The first kappa shape index (κ1) is 32.1. The second-order valence-electron chi connectivity index (χ2n) is 11.0. The van der Waals surface area contributed by atoms with Crippen LogP contribution in [0.5, 0.6) is 0 Å². The van der Waals surface area contributed by atoms with Crippen molar-refractivity contribution in [1.29, 1.82) is 0 Å². The largest absolute Gasteiger partial charge is 0.410 e. The van der Waals surface area contributed by atoms with E-state index >= 15 is 0 Å². The zero-order valence-electron chi connectivity index (χ0n) is 23.7. The molecule has 4 rings (SSSR count). The van der Waals surface area contributed by atoms with Crippen molar-refractivity contribution in [2.45, 2.75) is 75.7 Å². The highest BCUT2D eigenvalue weighted by Gasteiger charge is 2.48. The van der Waals surface area contributed by atoms with Gasteiger partial charge in [-0.15, -0.1) is 0 Å². The van der Waals surface area contributed by atoms with Crippen LogP contribution in [0.1, 0.15) is 73.1 Å². The highest BCUT2D eigenvalue weighted by Crippen LogP contribution is 2.38. The molecule has 2 aromatic rings.